The molecule has 1 aromatic rings. The molecule has 1 aliphatic carbocycles. The third-order valence-electron chi connectivity index (χ3n) is 3.47. The largest absolute Gasteiger partial charge is 1.00 e. The van der Waals surface area contributed by atoms with Crippen LogP contribution in [-0.4, -0.2) is 13.1 Å². The van der Waals surface area contributed by atoms with Crippen molar-refractivity contribution in [2.45, 2.75) is 30.6 Å². The minimum absolute atomic E-state index is 0. The van der Waals surface area contributed by atoms with E-state index in [1.807, 2.05) is 0 Å². The third kappa shape index (κ3) is 3.60. The molecule has 1 aliphatic rings. The molecule has 9 heteroatoms. The van der Waals surface area contributed by atoms with Crippen LogP contribution in [-0.2, 0) is 27.3 Å². The first-order valence-electron chi connectivity index (χ1n) is 5.89. The van der Waals surface area contributed by atoms with Gasteiger partial charge in [-0.15, -0.1) is 0 Å². The van der Waals surface area contributed by atoms with E-state index in [1.165, 1.54) is 0 Å². The van der Waals surface area contributed by atoms with Crippen molar-refractivity contribution >= 4 is 5.97 Å². The van der Waals surface area contributed by atoms with Crippen molar-refractivity contribution < 1.29 is 66.9 Å². The molecular weight excluding hydrogens is 325 g/mol. The molecule has 1 fully saturated rings. The van der Waals surface area contributed by atoms with Crippen LogP contribution in [0.15, 0.2) is 18.2 Å². The first kappa shape index (κ1) is 19.3. The molecule has 2 nitrogen and oxygen atoms in total. The van der Waals surface area contributed by atoms with Crippen molar-refractivity contribution in [3.8, 4) is 0 Å². The molecule has 1 aromatic carbocycles. The summed E-state index contributed by atoms with van der Waals surface area (Å²) in [6.45, 7) is 0. The number of rotatable bonds is 2. The maximum Gasteiger partial charge on any atom is 1.00 e. The Morgan fingerprint density at radius 2 is 1.45 bits per heavy atom. The molecule has 0 aliphatic heterocycles. The molecule has 0 bridgehead atoms. The van der Waals surface area contributed by atoms with Crippen molar-refractivity contribution in [1.82, 2.24) is 0 Å². The van der Waals surface area contributed by atoms with Crippen LogP contribution in [0, 0.1) is 0 Å². The number of alkyl halides is 6. The van der Waals surface area contributed by atoms with E-state index < -0.39 is 34.9 Å². The zero-order valence-electron chi connectivity index (χ0n) is 12.7. The molecule has 0 spiro atoms. The monoisotopic (exact) mass is 336 g/mol. The predicted octanol–water partition coefficient (Wildman–Crippen LogP) is 1.05. The first-order chi connectivity index (χ1) is 9.50. The summed E-state index contributed by atoms with van der Waals surface area (Å²) in [5, 5.41) is 0. The molecule has 22 heavy (non-hydrogen) atoms. The Balaban J connectivity index is 0.00000242. The molecule has 0 unspecified atom stereocenters. The van der Waals surface area contributed by atoms with Crippen LogP contribution in [0.1, 0.15) is 31.0 Å². The summed E-state index contributed by atoms with van der Waals surface area (Å²) >= 11 is 0. The van der Waals surface area contributed by atoms with Gasteiger partial charge in [0.15, 0.2) is 0 Å². The molecule has 0 radical (unpaired) electrons. The fourth-order valence-corrected chi connectivity index (χ4v) is 2.16. The maximum atomic E-state index is 12.7. The normalized spacial score (nSPS) is 16.7. The number of carbonyl (C=O) groups excluding carboxylic acids is 1. The van der Waals surface area contributed by atoms with Crippen LogP contribution in [0.2, 0.25) is 0 Å². The fourth-order valence-electron chi connectivity index (χ4n) is 2.16. The van der Waals surface area contributed by atoms with Gasteiger partial charge in [-0.25, -0.2) is 0 Å². The van der Waals surface area contributed by atoms with Crippen LogP contribution < -0.4 is 29.6 Å². The van der Waals surface area contributed by atoms with Crippen molar-refractivity contribution in [2.75, 3.05) is 7.11 Å². The van der Waals surface area contributed by atoms with Crippen molar-refractivity contribution in [1.29, 1.82) is 0 Å². The van der Waals surface area contributed by atoms with Gasteiger partial charge in [-0.1, -0.05) is 0 Å². The topological polar surface area (TPSA) is 26.3 Å². The standard InChI is InChI=1S/C13H10F6O2.Na.H/c1-21-10(20)11(2-3-11)7-4-8(12(14,15)16)6-9(5-7)13(17,18)19;;/h4-6H,2-3H2,1H3;;/q;+1;-1. The van der Waals surface area contributed by atoms with Gasteiger partial charge >= 0.3 is 47.9 Å². The summed E-state index contributed by atoms with van der Waals surface area (Å²) in [5.74, 6) is -0.824. The van der Waals surface area contributed by atoms with Crippen molar-refractivity contribution in [3.05, 3.63) is 34.9 Å². The Bertz CT molecular complexity index is 549. The average Bonchev–Trinajstić information content (AvgIpc) is 3.16. The van der Waals surface area contributed by atoms with E-state index in [1.54, 1.807) is 0 Å². The second-order valence-corrected chi connectivity index (χ2v) is 4.87. The number of hydrogen-bond donors (Lipinski definition) is 0. The summed E-state index contributed by atoms with van der Waals surface area (Å²) in [6.07, 6.45) is -9.53. The Labute approximate surface area is 145 Å². The maximum absolute atomic E-state index is 12.7. The van der Waals surface area contributed by atoms with Gasteiger partial charge in [-0.3, -0.25) is 4.79 Å². The number of ether oxygens (including phenoxy) is 1. The quantitative estimate of drug-likeness (QED) is 0.458. The zero-order chi connectivity index (χ0) is 16.1. The smallest absolute Gasteiger partial charge is 1.00 e. The minimum atomic E-state index is -4.93. The van der Waals surface area contributed by atoms with Crippen LogP contribution in [0.5, 0.6) is 0 Å². The third-order valence-corrected chi connectivity index (χ3v) is 3.47. The van der Waals surface area contributed by atoms with E-state index in [2.05, 4.69) is 4.74 Å². The molecule has 118 valence electrons. The number of methoxy groups -OCH3 is 1. The van der Waals surface area contributed by atoms with Gasteiger partial charge in [-0.2, -0.15) is 26.3 Å². The predicted molar refractivity (Wildman–Crippen MR) is 60.5 cm³/mol. The number of hydrogen-bond acceptors (Lipinski definition) is 2. The van der Waals surface area contributed by atoms with E-state index in [9.17, 15) is 31.1 Å². The van der Waals surface area contributed by atoms with Gasteiger partial charge in [0.05, 0.1) is 23.7 Å². The van der Waals surface area contributed by atoms with Crippen LogP contribution >= 0.6 is 0 Å². The Hall–Kier alpha value is -0.730. The Morgan fingerprint density at radius 3 is 1.73 bits per heavy atom. The van der Waals surface area contributed by atoms with E-state index >= 15 is 0 Å². The molecule has 1 saturated carbocycles. The van der Waals surface area contributed by atoms with Crippen LogP contribution in [0.25, 0.3) is 0 Å². The van der Waals surface area contributed by atoms with Gasteiger partial charge in [0.2, 0.25) is 0 Å². The molecule has 0 atom stereocenters. The molecule has 0 saturated heterocycles. The SMILES string of the molecule is COC(=O)C1(c2cc(C(F)(F)F)cc(C(F)(F)F)c2)CC1.[H-].[Na+]. The summed E-state index contributed by atoms with van der Waals surface area (Å²) in [5.41, 5.74) is -4.56. The van der Waals surface area contributed by atoms with E-state index in [-0.39, 0.29) is 55.5 Å². The van der Waals surface area contributed by atoms with Gasteiger partial charge in [0.25, 0.3) is 0 Å². The van der Waals surface area contributed by atoms with E-state index in [0.29, 0.717) is 12.1 Å². The Kier molecular flexibility index (Phi) is 5.31. The molecule has 0 N–H and O–H groups in total. The van der Waals surface area contributed by atoms with Gasteiger partial charge < -0.3 is 6.16 Å². The first-order valence-corrected chi connectivity index (χ1v) is 5.89. The van der Waals surface area contributed by atoms with Gasteiger partial charge in [0.1, 0.15) is 0 Å². The van der Waals surface area contributed by atoms with Gasteiger partial charge in [0, 0.05) is 0 Å². The molecular formula is C13H11F6NaO2. The average molecular weight is 336 g/mol. The Morgan fingerprint density at radius 1 is 1.05 bits per heavy atom. The summed E-state index contributed by atoms with van der Waals surface area (Å²) < 4.78 is 80.9. The molecule has 0 aromatic heterocycles. The van der Waals surface area contributed by atoms with Crippen LogP contribution in [0.3, 0.4) is 0 Å². The second kappa shape index (κ2) is 6.05. The fraction of sp³-hybridized carbons (Fsp3) is 0.462. The van der Waals surface area contributed by atoms with E-state index in [4.69, 9.17) is 0 Å². The summed E-state index contributed by atoms with van der Waals surface area (Å²) in [7, 11) is 1.04. The molecule has 0 heterocycles. The van der Waals surface area contributed by atoms with Gasteiger partial charge in [-0.05, 0) is 36.6 Å². The van der Waals surface area contributed by atoms with Crippen molar-refractivity contribution in [2.24, 2.45) is 0 Å². The van der Waals surface area contributed by atoms with E-state index in [0.717, 1.165) is 7.11 Å². The second-order valence-electron chi connectivity index (χ2n) is 4.87. The van der Waals surface area contributed by atoms with Crippen LogP contribution in [0.4, 0.5) is 26.3 Å². The van der Waals surface area contributed by atoms with Crippen molar-refractivity contribution in [3.63, 3.8) is 0 Å². The number of esters is 1. The molecule has 0 amide bonds. The molecule has 2 rings (SSSR count). The zero-order valence-corrected chi connectivity index (χ0v) is 13.7. The number of halogens is 6. The summed E-state index contributed by atoms with van der Waals surface area (Å²) in [6, 6.07) is 1.20. The number of carbonyl (C=O) groups is 1. The number of benzene rings is 1. The summed E-state index contributed by atoms with van der Waals surface area (Å²) in [4.78, 5) is 11.6. The minimum Gasteiger partial charge on any atom is -1.00 e.